The minimum Gasteiger partial charge on any atom is -0.398 e. The fourth-order valence-electron chi connectivity index (χ4n) is 3.82. The number of anilines is 2. The summed E-state index contributed by atoms with van der Waals surface area (Å²) in [6.45, 7) is 3.77. The zero-order chi connectivity index (χ0) is 13.9. The Kier molecular flexibility index (Phi) is 4.13. The lowest BCUT2D eigenvalue weighted by Crippen LogP contribution is -2.47. The summed E-state index contributed by atoms with van der Waals surface area (Å²) in [6, 6.07) is 6.48. The second kappa shape index (κ2) is 6.02. The smallest absolute Gasteiger partial charge is 0.0594 e. The summed E-state index contributed by atoms with van der Waals surface area (Å²) in [5.41, 5.74) is 15.3. The molecule has 4 heteroatoms. The van der Waals surface area contributed by atoms with Crippen LogP contribution in [0.1, 0.15) is 37.2 Å². The van der Waals surface area contributed by atoms with Gasteiger partial charge in [0.2, 0.25) is 0 Å². The molecular weight excluding hydrogens is 250 g/mol. The maximum absolute atomic E-state index is 6.22. The zero-order valence-electron chi connectivity index (χ0n) is 12.1. The summed E-state index contributed by atoms with van der Waals surface area (Å²) in [5, 5.41) is 0. The van der Waals surface area contributed by atoms with Crippen molar-refractivity contribution in [1.29, 1.82) is 0 Å². The van der Waals surface area contributed by atoms with Crippen LogP contribution in [0.25, 0.3) is 0 Å². The van der Waals surface area contributed by atoms with Gasteiger partial charge < -0.3 is 16.2 Å². The molecule has 0 spiro atoms. The fourth-order valence-corrected chi connectivity index (χ4v) is 3.82. The molecule has 4 nitrogen and oxygen atoms in total. The molecule has 2 aliphatic rings. The van der Waals surface area contributed by atoms with Gasteiger partial charge in [-0.15, -0.1) is 0 Å². The summed E-state index contributed by atoms with van der Waals surface area (Å²) < 4.78 is 5.49. The van der Waals surface area contributed by atoms with Gasteiger partial charge in [-0.3, -0.25) is 4.90 Å². The number of ether oxygens (including phenoxy) is 1. The van der Waals surface area contributed by atoms with Crippen molar-refractivity contribution in [3.8, 4) is 0 Å². The van der Waals surface area contributed by atoms with Crippen molar-refractivity contribution in [2.75, 3.05) is 37.8 Å². The van der Waals surface area contributed by atoms with Crippen LogP contribution in [0.3, 0.4) is 0 Å². The van der Waals surface area contributed by atoms with Gasteiger partial charge in [0, 0.05) is 42.0 Å². The molecule has 20 heavy (non-hydrogen) atoms. The molecule has 4 N–H and O–H groups in total. The largest absolute Gasteiger partial charge is 0.398 e. The zero-order valence-corrected chi connectivity index (χ0v) is 12.1. The van der Waals surface area contributed by atoms with Crippen molar-refractivity contribution in [3.63, 3.8) is 0 Å². The average molecular weight is 275 g/mol. The van der Waals surface area contributed by atoms with E-state index >= 15 is 0 Å². The van der Waals surface area contributed by atoms with E-state index in [1.807, 2.05) is 18.2 Å². The Bertz CT molecular complexity index is 437. The Morgan fingerprint density at radius 1 is 1.00 bits per heavy atom. The summed E-state index contributed by atoms with van der Waals surface area (Å²) in [6.07, 6.45) is 5.03. The predicted octanol–water partition coefficient (Wildman–Crippen LogP) is 2.21. The monoisotopic (exact) mass is 275 g/mol. The highest BCUT2D eigenvalue weighted by Gasteiger charge is 2.33. The van der Waals surface area contributed by atoms with Gasteiger partial charge in [-0.2, -0.15) is 0 Å². The lowest BCUT2D eigenvalue weighted by Gasteiger charge is -2.42. The van der Waals surface area contributed by atoms with Crippen LogP contribution < -0.4 is 11.5 Å². The lowest BCUT2D eigenvalue weighted by atomic mass is 9.78. The first-order chi connectivity index (χ1) is 9.77. The van der Waals surface area contributed by atoms with Crippen LogP contribution in [0.15, 0.2) is 18.2 Å². The minimum absolute atomic E-state index is 0.475. The van der Waals surface area contributed by atoms with Crippen molar-refractivity contribution < 1.29 is 4.74 Å². The number of benzene rings is 1. The molecular formula is C16H25N3O. The van der Waals surface area contributed by atoms with Crippen molar-refractivity contribution in [1.82, 2.24) is 4.90 Å². The lowest BCUT2D eigenvalue weighted by molar-refractivity contribution is 0.00300. The molecule has 1 saturated heterocycles. The van der Waals surface area contributed by atoms with E-state index in [9.17, 15) is 0 Å². The molecule has 0 amide bonds. The van der Waals surface area contributed by atoms with E-state index in [0.29, 0.717) is 12.0 Å². The summed E-state index contributed by atoms with van der Waals surface area (Å²) in [4.78, 5) is 2.58. The Labute approximate surface area is 121 Å². The second-order valence-corrected chi connectivity index (χ2v) is 5.96. The van der Waals surface area contributed by atoms with Crippen LogP contribution in [0.4, 0.5) is 11.4 Å². The molecule has 110 valence electrons. The van der Waals surface area contributed by atoms with E-state index in [0.717, 1.165) is 37.7 Å². The van der Waals surface area contributed by atoms with Gasteiger partial charge >= 0.3 is 0 Å². The van der Waals surface area contributed by atoms with Crippen molar-refractivity contribution in [3.05, 3.63) is 23.8 Å². The Morgan fingerprint density at radius 3 is 2.35 bits per heavy atom. The number of hydrogen-bond acceptors (Lipinski definition) is 4. The molecule has 1 aromatic carbocycles. The molecule has 1 saturated carbocycles. The van der Waals surface area contributed by atoms with Crippen molar-refractivity contribution >= 4 is 11.4 Å². The highest BCUT2D eigenvalue weighted by molar-refractivity contribution is 5.63. The SMILES string of the molecule is Nc1cccc(N)c1C1CCCCC1N1CCOCC1. The number of morpholine rings is 1. The summed E-state index contributed by atoms with van der Waals surface area (Å²) in [5.74, 6) is 0.475. The molecule has 2 atom stereocenters. The van der Waals surface area contributed by atoms with Gasteiger partial charge in [0.15, 0.2) is 0 Å². The molecule has 1 aliphatic carbocycles. The van der Waals surface area contributed by atoms with Crippen LogP contribution in [-0.4, -0.2) is 37.2 Å². The third kappa shape index (κ3) is 2.63. The molecule has 2 fully saturated rings. The fraction of sp³-hybridized carbons (Fsp3) is 0.625. The maximum Gasteiger partial charge on any atom is 0.0594 e. The minimum atomic E-state index is 0.475. The van der Waals surface area contributed by atoms with Crippen molar-refractivity contribution in [2.24, 2.45) is 0 Å². The van der Waals surface area contributed by atoms with Gasteiger partial charge in [-0.25, -0.2) is 0 Å². The van der Waals surface area contributed by atoms with Gasteiger partial charge in [0.1, 0.15) is 0 Å². The Balaban J connectivity index is 1.88. The van der Waals surface area contributed by atoms with Crippen LogP contribution in [0.2, 0.25) is 0 Å². The van der Waals surface area contributed by atoms with Gasteiger partial charge in [0.25, 0.3) is 0 Å². The maximum atomic E-state index is 6.22. The first kappa shape index (κ1) is 13.7. The quantitative estimate of drug-likeness (QED) is 0.812. The van der Waals surface area contributed by atoms with Gasteiger partial charge in [-0.1, -0.05) is 18.9 Å². The normalized spacial score (nSPS) is 28.4. The number of nitrogens with zero attached hydrogens (tertiary/aromatic N) is 1. The third-order valence-electron chi connectivity index (χ3n) is 4.79. The number of nitrogens with two attached hydrogens (primary N) is 2. The average Bonchev–Trinajstić information content (AvgIpc) is 2.48. The van der Waals surface area contributed by atoms with Crippen LogP contribution in [0.5, 0.6) is 0 Å². The molecule has 1 aliphatic heterocycles. The molecule has 1 aromatic rings. The molecule has 0 bridgehead atoms. The van der Waals surface area contributed by atoms with Crippen molar-refractivity contribution in [2.45, 2.75) is 37.6 Å². The third-order valence-corrected chi connectivity index (χ3v) is 4.79. The second-order valence-electron chi connectivity index (χ2n) is 5.96. The summed E-state index contributed by atoms with van der Waals surface area (Å²) in [7, 11) is 0. The first-order valence-corrected chi connectivity index (χ1v) is 7.73. The number of hydrogen-bond donors (Lipinski definition) is 2. The van der Waals surface area contributed by atoms with Gasteiger partial charge in [0.05, 0.1) is 13.2 Å². The van der Waals surface area contributed by atoms with E-state index in [2.05, 4.69) is 4.90 Å². The van der Waals surface area contributed by atoms with E-state index in [1.54, 1.807) is 0 Å². The Hall–Kier alpha value is -1.26. The van der Waals surface area contributed by atoms with Crippen LogP contribution >= 0.6 is 0 Å². The Morgan fingerprint density at radius 2 is 1.65 bits per heavy atom. The highest BCUT2D eigenvalue weighted by Crippen LogP contribution is 2.41. The number of rotatable bonds is 2. The van der Waals surface area contributed by atoms with E-state index in [1.165, 1.54) is 31.2 Å². The van der Waals surface area contributed by atoms with E-state index < -0.39 is 0 Å². The topological polar surface area (TPSA) is 64.5 Å². The highest BCUT2D eigenvalue weighted by atomic mass is 16.5. The van der Waals surface area contributed by atoms with Crippen LogP contribution in [0, 0.1) is 0 Å². The molecule has 0 aromatic heterocycles. The first-order valence-electron chi connectivity index (χ1n) is 7.73. The van der Waals surface area contributed by atoms with Gasteiger partial charge in [-0.05, 0) is 25.0 Å². The molecule has 1 heterocycles. The van der Waals surface area contributed by atoms with Crippen LogP contribution in [-0.2, 0) is 4.74 Å². The van der Waals surface area contributed by atoms with E-state index in [-0.39, 0.29) is 0 Å². The molecule has 0 radical (unpaired) electrons. The summed E-state index contributed by atoms with van der Waals surface area (Å²) >= 11 is 0. The predicted molar refractivity (Wildman–Crippen MR) is 82.7 cm³/mol. The van der Waals surface area contributed by atoms with E-state index in [4.69, 9.17) is 16.2 Å². The molecule has 2 unspecified atom stereocenters. The number of nitrogen functional groups attached to an aromatic ring is 2. The standard InChI is InChI=1S/C16H25N3O/c17-13-5-3-6-14(18)16(13)12-4-1-2-7-15(12)19-8-10-20-11-9-19/h3,5-6,12,15H,1-2,4,7-11,17-18H2. The molecule has 3 rings (SSSR count).